The number of hydrogen-bond donors (Lipinski definition) is 13. The second-order valence-corrected chi connectivity index (χ2v) is 29.2. The van der Waals surface area contributed by atoms with Gasteiger partial charge in [0.15, 0.2) is 0 Å². The Morgan fingerprint density at radius 1 is 0.720 bits per heavy atom. The highest BCUT2D eigenvalue weighted by Crippen LogP contribution is 2.68. The Bertz CT molecular complexity index is 3140. The number of amides is 9. The Kier molecular flexibility index (Phi) is 25.8. The van der Waals surface area contributed by atoms with Gasteiger partial charge >= 0.3 is 0 Å². The zero-order valence-electron chi connectivity index (χ0n) is 55.6. The molecule has 2 heterocycles. The van der Waals surface area contributed by atoms with E-state index in [0.717, 1.165) is 44.9 Å². The van der Waals surface area contributed by atoms with Crippen molar-refractivity contribution in [1.82, 2.24) is 51.8 Å². The number of imide groups is 1. The van der Waals surface area contributed by atoms with Gasteiger partial charge in [-0.15, -0.1) is 0 Å². The third kappa shape index (κ3) is 18.0. The summed E-state index contributed by atoms with van der Waals surface area (Å²) >= 11 is 1.46. The topological polar surface area (TPSA) is 407 Å². The number of primary amides is 1. The molecule has 0 radical (unpaired) electrons. The van der Waals surface area contributed by atoms with Crippen LogP contribution in [0.15, 0.2) is 43.0 Å². The number of aliphatic hydroxyl groups is 2. The highest BCUT2D eigenvalue weighted by molar-refractivity contribution is 7.98. The monoisotopic (exact) mass is 1310 g/mol. The van der Waals surface area contributed by atoms with E-state index in [0.29, 0.717) is 70.3 Å². The summed E-state index contributed by atoms with van der Waals surface area (Å²) in [6, 6.07) is -1.24. The van der Waals surface area contributed by atoms with Gasteiger partial charge in [0.1, 0.15) is 30.2 Å². The first-order valence-corrected chi connectivity index (χ1v) is 34.7. The van der Waals surface area contributed by atoms with E-state index in [9.17, 15) is 58.2 Å². The van der Waals surface area contributed by atoms with Crippen molar-refractivity contribution in [2.45, 2.75) is 213 Å². The van der Waals surface area contributed by atoms with Gasteiger partial charge in [-0.3, -0.25) is 57.8 Å². The summed E-state index contributed by atoms with van der Waals surface area (Å²) in [5.41, 5.74) is 19.0. The molecule has 93 heavy (non-hydrogen) atoms. The van der Waals surface area contributed by atoms with Crippen molar-refractivity contribution >= 4 is 81.7 Å². The number of carbonyl (C=O) groups excluding carboxylic acids is 10. The number of para-hydroxylation sites is 1. The number of benzene rings is 1. The molecule has 26 heteroatoms. The van der Waals surface area contributed by atoms with E-state index in [1.807, 2.05) is 20.1 Å². The van der Waals surface area contributed by atoms with Crippen molar-refractivity contribution in [3.05, 3.63) is 54.2 Å². The standard InChI is InChI=1S/C67H103N13O12S/c1-35(2)28-50(62(89)76-49(25-27-93-9)61(88)78-55(83)23-14-37(5)44-18-19-45-43-17-15-40-16-21-53(81)58(85)67(40,8)46(43)24-26-66(44,45)7)77-63(90)51(30-41-31-71-34-73-41)75-56(84)32-72-64(91)57(36(3)4)79-59(86)38(6)74-60(87)48(69)29-39-33-80(52-13-11-10-12-42(39)52)65(92)47(68)20-22-54(70)82/h10-13,31,33-38,40,43-51,53,57-58,81,85H,14-30,32,68-69H2,1-9H3,(H2,70,82)(H,71,73)(H,72,91)(H,74,87)(H,75,84)(H,76,89)(H,77,90)(H,79,86)(H,78,83,88)/t37-,38+,40?,43?,44-,45?,46?,47+,48+,49+,50+,51+,53?,57+,58?,66-,67+/m1/s1. The number of aromatic nitrogens is 3. The van der Waals surface area contributed by atoms with Crippen molar-refractivity contribution in [2.75, 3.05) is 18.6 Å². The highest BCUT2D eigenvalue weighted by atomic mass is 32.2. The average molecular weight is 1310 g/mol. The summed E-state index contributed by atoms with van der Waals surface area (Å²) < 4.78 is 1.35. The van der Waals surface area contributed by atoms with Crippen LogP contribution in [0.1, 0.15) is 161 Å². The van der Waals surface area contributed by atoms with Crippen LogP contribution in [0.4, 0.5) is 0 Å². The van der Waals surface area contributed by atoms with Gasteiger partial charge in [-0.05, 0) is 167 Å². The number of nitrogens with one attached hydrogen (secondary N) is 8. The molecule has 0 spiro atoms. The Morgan fingerprint density at radius 3 is 2.10 bits per heavy atom. The summed E-state index contributed by atoms with van der Waals surface area (Å²) in [6.45, 7) is 14.7. The molecule has 3 aromatic rings. The third-order valence-corrected chi connectivity index (χ3v) is 21.7. The molecule has 2 aromatic heterocycles. The van der Waals surface area contributed by atoms with E-state index < -0.39 is 126 Å². The van der Waals surface area contributed by atoms with Crippen molar-refractivity contribution in [1.29, 1.82) is 0 Å². The molecule has 6 unspecified atom stereocenters. The quantitative estimate of drug-likeness (QED) is 0.0440. The third-order valence-electron chi connectivity index (χ3n) is 21.1. The van der Waals surface area contributed by atoms with E-state index in [1.54, 1.807) is 38.1 Å². The fourth-order valence-electron chi connectivity index (χ4n) is 16.0. The molecule has 0 bridgehead atoms. The number of rotatable bonds is 31. The molecule has 9 amide bonds. The number of nitrogens with zero attached hydrogens (tertiary/aromatic N) is 2. The van der Waals surface area contributed by atoms with Gasteiger partial charge in [-0.1, -0.05) is 66.7 Å². The molecule has 514 valence electrons. The molecule has 25 nitrogen and oxygen atoms in total. The lowest BCUT2D eigenvalue weighted by Gasteiger charge is -2.62. The number of imidazole rings is 1. The summed E-state index contributed by atoms with van der Waals surface area (Å²) in [6.07, 6.45) is 13.8. The SMILES string of the molecule is CSCC[C@H](NC(=O)[C@H](CC(C)C)NC(=O)[C@H](Cc1cnc[nH]1)NC(=O)CNC(=O)[C@@H](NC(=O)[C@H](C)NC(=O)[C@@H](N)Cc1cn(C(=O)[C@@H](N)CCC(N)=O)c2ccccc12)C(C)C)C(=O)NC(=O)CC[C@@H](C)[C@H]1CCC2C3CCC4CCC(O)C(O)[C@]4(C)C3CC[C@@]21C. The van der Waals surface area contributed by atoms with Crippen LogP contribution in [0.2, 0.25) is 0 Å². The Labute approximate surface area is 550 Å². The molecule has 17 atom stereocenters. The molecular weight excluding hydrogens is 1210 g/mol. The number of H-pyrrole nitrogens is 1. The van der Waals surface area contributed by atoms with Crippen LogP contribution in [-0.4, -0.2) is 157 Å². The molecule has 16 N–H and O–H groups in total. The zero-order valence-corrected chi connectivity index (χ0v) is 56.4. The summed E-state index contributed by atoms with van der Waals surface area (Å²) in [7, 11) is 0. The van der Waals surface area contributed by atoms with Crippen LogP contribution in [-0.2, 0) is 56.0 Å². The number of aromatic amines is 1. The van der Waals surface area contributed by atoms with Crippen molar-refractivity contribution in [3.8, 4) is 0 Å². The molecule has 4 saturated carbocycles. The first-order valence-electron chi connectivity index (χ1n) is 33.4. The van der Waals surface area contributed by atoms with E-state index in [4.69, 9.17) is 17.2 Å². The maximum atomic E-state index is 14.3. The molecule has 0 aliphatic heterocycles. The van der Waals surface area contributed by atoms with Crippen molar-refractivity contribution < 1.29 is 58.2 Å². The smallest absolute Gasteiger partial charge is 0.249 e. The van der Waals surface area contributed by atoms with E-state index in [-0.39, 0.29) is 67.6 Å². The lowest BCUT2D eigenvalue weighted by Crippen LogP contribution is -2.60. The number of nitrogens with two attached hydrogens (primary N) is 3. The van der Waals surface area contributed by atoms with Gasteiger partial charge in [-0.25, -0.2) is 4.98 Å². The predicted molar refractivity (Wildman–Crippen MR) is 353 cm³/mol. The van der Waals surface area contributed by atoms with Gasteiger partial charge in [-0.2, -0.15) is 11.8 Å². The highest BCUT2D eigenvalue weighted by Gasteiger charge is 2.63. The Hall–Kier alpha value is -6.74. The Balaban J connectivity index is 0.904. The van der Waals surface area contributed by atoms with Crippen molar-refractivity contribution in [3.63, 3.8) is 0 Å². The van der Waals surface area contributed by atoms with Gasteiger partial charge in [0.2, 0.25) is 59.1 Å². The summed E-state index contributed by atoms with van der Waals surface area (Å²) in [4.78, 5) is 142. The van der Waals surface area contributed by atoms with E-state index in [1.165, 1.54) is 42.0 Å². The molecule has 4 fully saturated rings. The van der Waals surface area contributed by atoms with Crippen LogP contribution >= 0.6 is 11.8 Å². The maximum Gasteiger partial charge on any atom is 0.249 e. The van der Waals surface area contributed by atoms with E-state index in [2.05, 4.69) is 68.0 Å². The van der Waals surface area contributed by atoms with Gasteiger partial charge in [0.05, 0.1) is 42.7 Å². The van der Waals surface area contributed by atoms with Gasteiger partial charge in [0.25, 0.3) is 0 Å². The number of carbonyl (C=O) groups is 10. The van der Waals surface area contributed by atoms with Crippen LogP contribution < -0.4 is 54.4 Å². The molecule has 0 saturated heterocycles. The molecule has 1 aromatic carbocycles. The summed E-state index contributed by atoms with van der Waals surface area (Å²) in [5.74, 6) is -4.30. The largest absolute Gasteiger partial charge is 0.390 e. The average Bonchev–Trinajstić information content (AvgIpc) is 1.70. The second-order valence-electron chi connectivity index (χ2n) is 28.2. The normalized spacial score (nSPS) is 25.9. The van der Waals surface area contributed by atoms with E-state index >= 15 is 0 Å². The predicted octanol–water partition coefficient (Wildman–Crippen LogP) is 2.77. The van der Waals surface area contributed by atoms with Crippen LogP contribution in [0.25, 0.3) is 10.9 Å². The first kappa shape index (κ1) is 73.7. The Morgan fingerprint density at radius 2 is 1.42 bits per heavy atom. The molecule has 7 rings (SSSR count). The van der Waals surface area contributed by atoms with Crippen LogP contribution in [0.5, 0.6) is 0 Å². The minimum Gasteiger partial charge on any atom is -0.390 e. The fourth-order valence-corrected chi connectivity index (χ4v) is 16.4. The number of aliphatic hydroxyl groups excluding tert-OH is 2. The van der Waals surface area contributed by atoms with Crippen LogP contribution in [0, 0.1) is 58.2 Å². The van der Waals surface area contributed by atoms with Crippen LogP contribution in [0.3, 0.4) is 0 Å². The summed E-state index contributed by atoms with van der Waals surface area (Å²) in [5, 5.41) is 41.4. The fraction of sp³-hybridized carbons (Fsp3) is 0.687. The molecular formula is C67H103N13O12S. The maximum absolute atomic E-state index is 14.3. The minimum absolute atomic E-state index is 0.0371. The minimum atomic E-state index is -1.31. The molecule has 4 aliphatic rings. The molecule has 4 aliphatic carbocycles. The van der Waals surface area contributed by atoms with Crippen molar-refractivity contribution in [2.24, 2.45) is 75.4 Å². The lowest BCUT2D eigenvalue weighted by atomic mass is 9.43. The zero-order chi connectivity index (χ0) is 68.2. The van der Waals surface area contributed by atoms with Gasteiger partial charge in [0, 0.05) is 48.2 Å². The second kappa shape index (κ2) is 32.6. The first-order chi connectivity index (χ1) is 44.0. The lowest BCUT2D eigenvalue weighted by molar-refractivity contribution is -0.196. The number of thioether (sulfide) groups is 1. The van der Waals surface area contributed by atoms with Gasteiger partial charge < -0.3 is 64.3 Å². The number of fused-ring (bicyclic) bond motifs is 6. The number of hydrogen-bond acceptors (Lipinski definition) is 16.